The maximum Gasteiger partial charge on any atom is 0.230 e. The van der Waals surface area contributed by atoms with Crippen LogP contribution in [-0.2, 0) is 11.3 Å². The van der Waals surface area contributed by atoms with Crippen LogP contribution >= 0.6 is 11.3 Å². The smallest absolute Gasteiger partial charge is 0.230 e. The van der Waals surface area contributed by atoms with Gasteiger partial charge in [-0.1, -0.05) is 30.3 Å². The molecule has 2 aromatic carbocycles. The van der Waals surface area contributed by atoms with Crippen LogP contribution in [0.1, 0.15) is 12.6 Å². The summed E-state index contributed by atoms with van der Waals surface area (Å²) in [5.74, 6) is -0.691. The van der Waals surface area contributed by atoms with E-state index < -0.39 is 5.82 Å². The molecule has 0 radical (unpaired) electrons. The molecule has 0 N–H and O–H groups in total. The van der Waals surface area contributed by atoms with Crippen molar-refractivity contribution in [2.24, 2.45) is 0 Å². The van der Waals surface area contributed by atoms with Crippen LogP contribution < -0.4 is 9.80 Å². The number of para-hydroxylation sites is 2. The van der Waals surface area contributed by atoms with Crippen molar-refractivity contribution >= 4 is 33.8 Å². The predicted octanol–water partition coefficient (Wildman–Crippen LogP) is 4.29. The molecule has 0 atom stereocenters. The Morgan fingerprint density at radius 2 is 1.76 bits per heavy atom. The SMILES string of the molecule is CC(=O)N(c1nc(CN2CCN(c3ccccc3)CC2)cs1)c1ccccc1F. The van der Waals surface area contributed by atoms with E-state index in [9.17, 15) is 9.18 Å². The molecule has 3 aromatic rings. The fourth-order valence-corrected chi connectivity index (χ4v) is 4.42. The molecule has 5 nitrogen and oxygen atoms in total. The van der Waals surface area contributed by atoms with Crippen LogP contribution in [0.4, 0.5) is 20.9 Å². The van der Waals surface area contributed by atoms with Gasteiger partial charge in [0.2, 0.25) is 5.91 Å². The first kappa shape index (κ1) is 19.5. The molecule has 0 aliphatic carbocycles. The summed E-state index contributed by atoms with van der Waals surface area (Å²) in [6.07, 6.45) is 0. The second-order valence-corrected chi connectivity index (χ2v) is 7.86. The third-order valence-electron chi connectivity index (χ3n) is 5.02. The van der Waals surface area contributed by atoms with E-state index in [0.717, 1.165) is 38.4 Å². The van der Waals surface area contributed by atoms with Crippen molar-refractivity contribution < 1.29 is 9.18 Å². The number of piperazine rings is 1. The van der Waals surface area contributed by atoms with E-state index in [1.807, 2.05) is 11.4 Å². The Balaban J connectivity index is 1.42. The fraction of sp³-hybridized carbons (Fsp3) is 0.273. The quantitative estimate of drug-likeness (QED) is 0.629. The van der Waals surface area contributed by atoms with Crippen molar-refractivity contribution in [1.82, 2.24) is 9.88 Å². The maximum absolute atomic E-state index is 14.2. The molecule has 1 aliphatic rings. The Morgan fingerprint density at radius 3 is 2.45 bits per heavy atom. The summed E-state index contributed by atoms with van der Waals surface area (Å²) in [4.78, 5) is 22.9. The summed E-state index contributed by atoms with van der Waals surface area (Å²) in [5.41, 5.74) is 2.39. The van der Waals surface area contributed by atoms with Crippen molar-refractivity contribution in [2.75, 3.05) is 36.0 Å². The fourth-order valence-electron chi connectivity index (χ4n) is 3.54. The van der Waals surface area contributed by atoms with Gasteiger partial charge in [-0.2, -0.15) is 0 Å². The average molecular weight is 411 g/mol. The lowest BCUT2D eigenvalue weighted by molar-refractivity contribution is -0.115. The predicted molar refractivity (Wildman–Crippen MR) is 115 cm³/mol. The van der Waals surface area contributed by atoms with Gasteiger partial charge in [0.1, 0.15) is 5.82 Å². The lowest BCUT2D eigenvalue weighted by Gasteiger charge is -2.35. The van der Waals surface area contributed by atoms with Gasteiger partial charge in [0.25, 0.3) is 0 Å². The van der Waals surface area contributed by atoms with Crippen molar-refractivity contribution in [3.8, 4) is 0 Å². The summed E-state index contributed by atoms with van der Waals surface area (Å²) >= 11 is 1.37. The number of hydrogen-bond acceptors (Lipinski definition) is 5. The van der Waals surface area contributed by atoms with Crippen LogP contribution in [0.25, 0.3) is 0 Å². The Hall–Kier alpha value is -2.77. The maximum atomic E-state index is 14.2. The molecular weight excluding hydrogens is 387 g/mol. The van der Waals surface area contributed by atoms with Crippen molar-refractivity contribution in [2.45, 2.75) is 13.5 Å². The molecule has 150 valence electrons. The number of halogens is 1. The molecule has 1 aromatic heterocycles. The van der Waals surface area contributed by atoms with Crippen molar-refractivity contribution in [1.29, 1.82) is 0 Å². The summed E-state index contributed by atoms with van der Waals surface area (Å²) in [6.45, 7) is 5.99. The Kier molecular flexibility index (Phi) is 5.87. The van der Waals surface area contributed by atoms with E-state index in [4.69, 9.17) is 0 Å². The zero-order valence-corrected chi connectivity index (χ0v) is 17.1. The molecule has 1 fully saturated rings. The van der Waals surface area contributed by atoms with E-state index in [1.165, 1.54) is 34.9 Å². The highest BCUT2D eigenvalue weighted by Crippen LogP contribution is 2.31. The zero-order valence-electron chi connectivity index (χ0n) is 16.3. The number of hydrogen-bond donors (Lipinski definition) is 0. The normalized spacial score (nSPS) is 14.8. The largest absolute Gasteiger partial charge is 0.369 e. The summed E-state index contributed by atoms with van der Waals surface area (Å²) < 4.78 is 14.2. The minimum Gasteiger partial charge on any atom is -0.369 e. The number of amides is 1. The first-order chi connectivity index (χ1) is 14.1. The van der Waals surface area contributed by atoms with Gasteiger partial charge in [0, 0.05) is 50.7 Å². The summed E-state index contributed by atoms with van der Waals surface area (Å²) in [7, 11) is 0. The third kappa shape index (κ3) is 4.46. The number of rotatable bonds is 5. The Labute approximate surface area is 174 Å². The van der Waals surface area contributed by atoms with Gasteiger partial charge in [0.05, 0.1) is 11.4 Å². The van der Waals surface area contributed by atoms with Crippen molar-refractivity contribution in [3.63, 3.8) is 0 Å². The van der Waals surface area contributed by atoms with Crippen LogP contribution in [-0.4, -0.2) is 42.0 Å². The first-order valence-corrected chi connectivity index (χ1v) is 10.5. The molecule has 1 saturated heterocycles. The minimum absolute atomic E-state index is 0.234. The number of benzene rings is 2. The lowest BCUT2D eigenvalue weighted by atomic mass is 10.2. The summed E-state index contributed by atoms with van der Waals surface area (Å²) in [6, 6.07) is 16.7. The molecule has 0 spiro atoms. The third-order valence-corrected chi connectivity index (χ3v) is 5.89. The second-order valence-electron chi connectivity index (χ2n) is 7.03. The second kappa shape index (κ2) is 8.71. The standard InChI is InChI=1S/C22H23FN4OS/c1-17(28)27(21-10-6-5-9-20(21)23)22-24-18(16-29-22)15-25-11-13-26(14-12-25)19-7-3-2-4-8-19/h2-10,16H,11-15H2,1H3. The molecule has 29 heavy (non-hydrogen) atoms. The van der Waals surface area contributed by atoms with Crippen LogP contribution in [0, 0.1) is 5.82 Å². The van der Waals surface area contributed by atoms with Gasteiger partial charge in [0.15, 0.2) is 5.13 Å². The van der Waals surface area contributed by atoms with Crippen LogP contribution in [0.3, 0.4) is 0 Å². The summed E-state index contributed by atoms with van der Waals surface area (Å²) in [5, 5.41) is 2.45. The zero-order chi connectivity index (χ0) is 20.2. The number of aromatic nitrogens is 1. The highest BCUT2D eigenvalue weighted by Gasteiger charge is 2.22. The Morgan fingerprint density at radius 1 is 1.07 bits per heavy atom. The molecule has 1 aliphatic heterocycles. The molecule has 1 amide bonds. The number of carbonyl (C=O) groups is 1. The number of anilines is 3. The van der Waals surface area contributed by atoms with E-state index >= 15 is 0 Å². The van der Waals surface area contributed by atoms with E-state index in [0.29, 0.717) is 5.13 Å². The van der Waals surface area contributed by atoms with Crippen molar-refractivity contribution in [3.05, 3.63) is 71.5 Å². The highest BCUT2D eigenvalue weighted by atomic mass is 32.1. The number of nitrogens with zero attached hydrogens (tertiary/aromatic N) is 4. The molecule has 0 unspecified atom stereocenters. The number of thiazole rings is 1. The topological polar surface area (TPSA) is 39.7 Å². The van der Waals surface area contributed by atoms with Crippen LogP contribution in [0.2, 0.25) is 0 Å². The first-order valence-electron chi connectivity index (χ1n) is 9.64. The monoisotopic (exact) mass is 410 g/mol. The van der Waals surface area contributed by atoms with E-state index in [2.05, 4.69) is 39.0 Å². The minimum atomic E-state index is -0.434. The molecule has 0 bridgehead atoms. The molecule has 2 heterocycles. The van der Waals surface area contributed by atoms with Gasteiger partial charge in [-0.25, -0.2) is 9.37 Å². The van der Waals surface area contributed by atoms with Gasteiger partial charge < -0.3 is 4.90 Å². The lowest BCUT2D eigenvalue weighted by Crippen LogP contribution is -2.46. The van der Waals surface area contributed by atoms with Gasteiger partial charge in [-0.3, -0.25) is 14.6 Å². The van der Waals surface area contributed by atoms with Crippen LogP contribution in [0.15, 0.2) is 60.0 Å². The van der Waals surface area contributed by atoms with E-state index in [1.54, 1.807) is 18.2 Å². The highest BCUT2D eigenvalue weighted by molar-refractivity contribution is 7.14. The van der Waals surface area contributed by atoms with Gasteiger partial charge in [-0.15, -0.1) is 11.3 Å². The molecule has 0 saturated carbocycles. The van der Waals surface area contributed by atoms with Crippen LogP contribution in [0.5, 0.6) is 0 Å². The van der Waals surface area contributed by atoms with E-state index in [-0.39, 0.29) is 11.6 Å². The van der Waals surface area contributed by atoms with Gasteiger partial charge >= 0.3 is 0 Å². The average Bonchev–Trinajstić information content (AvgIpc) is 3.18. The number of carbonyl (C=O) groups excluding carboxylic acids is 1. The molecule has 7 heteroatoms. The Bertz CT molecular complexity index is 970. The molecular formula is C22H23FN4OS. The molecule has 4 rings (SSSR count). The van der Waals surface area contributed by atoms with Gasteiger partial charge in [-0.05, 0) is 24.3 Å².